The molecule has 1 heterocycles. The minimum Gasteiger partial charge on any atom is -0.489 e. The first-order valence-electron chi connectivity index (χ1n) is 7.38. The van der Waals surface area contributed by atoms with Gasteiger partial charge in [-0.05, 0) is 32.9 Å². The Morgan fingerprint density at radius 3 is 2.50 bits per heavy atom. The summed E-state index contributed by atoms with van der Waals surface area (Å²) in [5.41, 5.74) is 1.08. The summed E-state index contributed by atoms with van der Waals surface area (Å²) in [5, 5.41) is 3.37. The molecule has 1 aliphatic rings. The van der Waals surface area contributed by atoms with Crippen LogP contribution in [0.4, 0.5) is 5.69 Å². The Morgan fingerprint density at radius 1 is 1.10 bits per heavy atom. The molecule has 0 atom stereocenters. The smallest absolute Gasteiger partial charge is 0.142 e. The maximum absolute atomic E-state index is 5.90. The van der Waals surface area contributed by atoms with Crippen LogP contribution in [0.25, 0.3) is 0 Å². The van der Waals surface area contributed by atoms with E-state index in [0.717, 1.165) is 31.9 Å². The van der Waals surface area contributed by atoms with Crippen molar-refractivity contribution in [3.63, 3.8) is 0 Å². The number of hydrogen-bond acceptors (Lipinski definition) is 4. The zero-order valence-electron chi connectivity index (χ0n) is 12.8. The highest BCUT2D eigenvalue weighted by Crippen LogP contribution is 2.28. The zero-order chi connectivity index (χ0) is 14.4. The van der Waals surface area contributed by atoms with Gasteiger partial charge in [0.25, 0.3) is 0 Å². The zero-order valence-corrected chi connectivity index (χ0v) is 12.8. The largest absolute Gasteiger partial charge is 0.489 e. The van der Waals surface area contributed by atoms with Gasteiger partial charge in [0.15, 0.2) is 0 Å². The highest BCUT2D eigenvalue weighted by atomic mass is 16.5. The van der Waals surface area contributed by atoms with Gasteiger partial charge >= 0.3 is 0 Å². The number of hydrogen-bond donors (Lipinski definition) is 1. The summed E-state index contributed by atoms with van der Waals surface area (Å²) in [6, 6.07) is 8.25. The highest BCUT2D eigenvalue weighted by Gasteiger charge is 2.15. The predicted octanol–water partition coefficient (Wildman–Crippen LogP) is 2.29. The quantitative estimate of drug-likeness (QED) is 0.838. The summed E-state index contributed by atoms with van der Waals surface area (Å²) >= 11 is 0. The fourth-order valence-corrected chi connectivity index (χ4v) is 2.25. The standard InChI is InChI=1S/C16H26N2O2/c1-16(2,3)20-13-12-19-15-7-5-4-6-14(15)18-10-8-17-9-11-18/h4-7,17H,8-13H2,1-3H3. The Kier molecular flexibility index (Phi) is 5.26. The first-order chi connectivity index (χ1) is 9.56. The van der Waals surface area contributed by atoms with Gasteiger partial charge in [-0.1, -0.05) is 12.1 Å². The molecule has 4 heteroatoms. The molecule has 4 nitrogen and oxygen atoms in total. The monoisotopic (exact) mass is 278 g/mol. The third kappa shape index (κ3) is 4.69. The van der Waals surface area contributed by atoms with Gasteiger partial charge < -0.3 is 19.7 Å². The fraction of sp³-hybridized carbons (Fsp3) is 0.625. The highest BCUT2D eigenvalue weighted by molar-refractivity contribution is 5.58. The minimum atomic E-state index is -0.110. The van der Waals surface area contributed by atoms with Gasteiger partial charge in [-0.2, -0.15) is 0 Å². The molecule has 112 valence electrons. The van der Waals surface area contributed by atoms with Gasteiger partial charge in [0.1, 0.15) is 12.4 Å². The van der Waals surface area contributed by atoms with Crippen molar-refractivity contribution in [2.45, 2.75) is 26.4 Å². The molecule has 1 aromatic rings. The SMILES string of the molecule is CC(C)(C)OCCOc1ccccc1N1CCNCC1. The number of anilines is 1. The van der Waals surface area contributed by atoms with Crippen molar-refractivity contribution >= 4 is 5.69 Å². The van der Waals surface area contributed by atoms with Crippen molar-refractivity contribution in [1.82, 2.24) is 5.32 Å². The number of benzene rings is 1. The van der Waals surface area contributed by atoms with E-state index in [0.29, 0.717) is 13.2 Å². The van der Waals surface area contributed by atoms with Crippen LogP contribution in [0.2, 0.25) is 0 Å². The lowest BCUT2D eigenvalue weighted by molar-refractivity contribution is -0.0162. The number of ether oxygens (including phenoxy) is 2. The van der Waals surface area contributed by atoms with E-state index in [1.54, 1.807) is 0 Å². The number of rotatable bonds is 5. The van der Waals surface area contributed by atoms with E-state index in [1.807, 2.05) is 12.1 Å². The Bertz CT molecular complexity index is 409. The average Bonchev–Trinajstić information content (AvgIpc) is 2.44. The summed E-state index contributed by atoms with van der Waals surface area (Å²) < 4.78 is 11.6. The van der Waals surface area contributed by atoms with Crippen LogP contribution in [-0.4, -0.2) is 45.0 Å². The molecule has 0 aliphatic carbocycles. The Hall–Kier alpha value is -1.26. The van der Waals surface area contributed by atoms with Crippen LogP contribution in [0, 0.1) is 0 Å². The second-order valence-corrected chi connectivity index (χ2v) is 6.01. The van der Waals surface area contributed by atoms with E-state index in [2.05, 4.69) is 43.1 Å². The second-order valence-electron chi connectivity index (χ2n) is 6.01. The molecular weight excluding hydrogens is 252 g/mol. The van der Waals surface area contributed by atoms with Gasteiger partial charge in [-0.3, -0.25) is 0 Å². The Labute approximate surface area is 122 Å². The van der Waals surface area contributed by atoms with E-state index in [1.165, 1.54) is 5.69 Å². The molecule has 20 heavy (non-hydrogen) atoms. The summed E-state index contributed by atoms with van der Waals surface area (Å²) in [6.45, 7) is 11.5. The van der Waals surface area contributed by atoms with Crippen LogP contribution in [0.3, 0.4) is 0 Å². The fourth-order valence-electron chi connectivity index (χ4n) is 2.25. The van der Waals surface area contributed by atoms with Crippen LogP contribution in [-0.2, 0) is 4.74 Å². The summed E-state index contributed by atoms with van der Waals surface area (Å²) in [4.78, 5) is 2.37. The van der Waals surface area contributed by atoms with Gasteiger partial charge in [0.2, 0.25) is 0 Å². The van der Waals surface area contributed by atoms with Crippen molar-refractivity contribution in [2.24, 2.45) is 0 Å². The molecule has 1 N–H and O–H groups in total. The van der Waals surface area contributed by atoms with Crippen LogP contribution < -0.4 is 15.0 Å². The van der Waals surface area contributed by atoms with E-state index in [4.69, 9.17) is 9.47 Å². The molecule has 2 rings (SSSR count). The molecule has 0 aromatic heterocycles. The second kappa shape index (κ2) is 6.95. The topological polar surface area (TPSA) is 33.7 Å². The average molecular weight is 278 g/mol. The molecule has 1 aromatic carbocycles. The lowest BCUT2D eigenvalue weighted by atomic mass is 10.2. The van der Waals surface area contributed by atoms with Crippen molar-refractivity contribution in [3.05, 3.63) is 24.3 Å². The Balaban J connectivity index is 1.90. The molecule has 0 saturated carbocycles. The molecule has 1 saturated heterocycles. The minimum absolute atomic E-state index is 0.110. The molecule has 0 unspecified atom stereocenters. The molecule has 1 aliphatic heterocycles. The molecule has 1 fully saturated rings. The van der Waals surface area contributed by atoms with Gasteiger partial charge in [0.05, 0.1) is 17.9 Å². The molecule has 0 bridgehead atoms. The van der Waals surface area contributed by atoms with E-state index < -0.39 is 0 Å². The van der Waals surface area contributed by atoms with Crippen molar-refractivity contribution in [1.29, 1.82) is 0 Å². The molecule has 0 radical (unpaired) electrons. The van der Waals surface area contributed by atoms with Crippen molar-refractivity contribution < 1.29 is 9.47 Å². The van der Waals surface area contributed by atoms with E-state index in [-0.39, 0.29) is 5.60 Å². The number of piperazine rings is 1. The molecule has 0 amide bonds. The summed E-state index contributed by atoms with van der Waals surface area (Å²) in [6.07, 6.45) is 0. The maximum Gasteiger partial charge on any atom is 0.142 e. The van der Waals surface area contributed by atoms with Crippen LogP contribution in [0.15, 0.2) is 24.3 Å². The predicted molar refractivity (Wildman–Crippen MR) is 82.7 cm³/mol. The third-order valence-electron chi connectivity index (χ3n) is 3.20. The van der Waals surface area contributed by atoms with Crippen LogP contribution in [0.1, 0.15) is 20.8 Å². The van der Waals surface area contributed by atoms with Crippen molar-refractivity contribution in [2.75, 3.05) is 44.3 Å². The van der Waals surface area contributed by atoms with Gasteiger partial charge in [0, 0.05) is 26.2 Å². The normalized spacial score (nSPS) is 16.2. The first-order valence-corrected chi connectivity index (χ1v) is 7.38. The Morgan fingerprint density at radius 2 is 1.80 bits per heavy atom. The maximum atomic E-state index is 5.90. The van der Waals surface area contributed by atoms with Crippen LogP contribution in [0.5, 0.6) is 5.75 Å². The van der Waals surface area contributed by atoms with Crippen molar-refractivity contribution in [3.8, 4) is 5.75 Å². The molecular formula is C16H26N2O2. The lowest BCUT2D eigenvalue weighted by Crippen LogP contribution is -2.43. The van der Waals surface area contributed by atoms with Crippen LogP contribution >= 0.6 is 0 Å². The number of para-hydroxylation sites is 2. The third-order valence-corrected chi connectivity index (χ3v) is 3.20. The van der Waals surface area contributed by atoms with Gasteiger partial charge in [-0.15, -0.1) is 0 Å². The lowest BCUT2D eigenvalue weighted by Gasteiger charge is -2.30. The summed E-state index contributed by atoms with van der Waals surface area (Å²) in [7, 11) is 0. The van der Waals surface area contributed by atoms with Gasteiger partial charge in [-0.25, -0.2) is 0 Å². The number of nitrogens with zero attached hydrogens (tertiary/aromatic N) is 1. The van der Waals surface area contributed by atoms with E-state index in [9.17, 15) is 0 Å². The molecule has 0 spiro atoms. The summed E-state index contributed by atoms with van der Waals surface area (Å²) in [5.74, 6) is 0.951. The van der Waals surface area contributed by atoms with E-state index >= 15 is 0 Å². The number of nitrogens with one attached hydrogen (secondary N) is 1. The first kappa shape index (κ1) is 15.1.